The van der Waals surface area contributed by atoms with Crippen molar-refractivity contribution in [1.29, 1.82) is 0 Å². The fraction of sp³-hybridized carbons (Fsp3) is 0.100. The molecule has 3 heteroatoms. The zero-order valence-corrected chi connectivity index (χ0v) is 6.97. The van der Waals surface area contributed by atoms with E-state index in [0.29, 0.717) is 0 Å². The molecule has 1 N–H and O–H groups in total. The van der Waals surface area contributed by atoms with Crippen LogP contribution in [0.4, 0.5) is 4.39 Å². The molecule has 13 heavy (non-hydrogen) atoms. The van der Waals surface area contributed by atoms with E-state index in [1.165, 1.54) is 12.1 Å². The third kappa shape index (κ3) is 2.60. The van der Waals surface area contributed by atoms with Crippen molar-refractivity contribution in [3.05, 3.63) is 35.1 Å². The average Bonchev–Trinajstić information content (AvgIpc) is 2.06. The number of carboxylic acids is 1. The third-order valence-corrected chi connectivity index (χ3v) is 1.43. The Bertz CT molecular complexity index is 399. The molecule has 1 aromatic carbocycles. The van der Waals surface area contributed by atoms with Crippen LogP contribution in [0.3, 0.4) is 0 Å². The summed E-state index contributed by atoms with van der Waals surface area (Å²) < 4.78 is 12.9. The molecule has 0 aliphatic heterocycles. The highest BCUT2D eigenvalue weighted by Crippen LogP contribution is 2.07. The molecule has 0 saturated heterocycles. The molecule has 0 aliphatic rings. The number of hydrogen-bond acceptors (Lipinski definition) is 1. The zero-order valence-electron chi connectivity index (χ0n) is 6.97. The van der Waals surface area contributed by atoms with Crippen molar-refractivity contribution >= 4 is 5.97 Å². The molecule has 0 radical (unpaired) electrons. The minimum atomic E-state index is -1.26. The van der Waals surface area contributed by atoms with E-state index in [1.54, 1.807) is 13.0 Å². The first-order chi connectivity index (χ1) is 6.09. The molecule has 0 unspecified atom stereocenters. The van der Waals surface area contributed by atoms with Crippen LogP contribution in [0.5, 0.6) is 0 Å². The zero-order chi connectivity index (χ0) is 9.84. The topological polar surface area (TPSA) is 37.3 Å². The molecule has 0 aliphatic carbocycles. The monoisotopic (exact) mass is 178 g/mol. The lowest BCUT2D eigenvalue weighted by Gasteiger charge is -1.94. The Balaban J connectivity index is 3.09. The van der Waals surface area contributed by atoms with Gasteiger partial charge in [-0.05, 0) is 24.6 Å². The van der Waals surface area contributed by atoms with E-state index in [1.807, 2.05) is 5.92 Å². The number of carboxylic acid groups (broad SMARTS) is 1. The Labute approximate surface area is 75.0 Å². The van der Waals surface area contributed by atoms with Gasteiger partial charge in [0.05, 0.1) is 5.56 Å². The number of carbonyl (C=O) groups is 1. The van der Waals surface area contributed by atoms with Gasteiger partial charge >= 0.3 is 5.97 Å². The number of rotatable bonds is 0. The molecule has 1 aromatic rings. The fourth-order valence-corrected chi connectivity index (χ4v) is 0.856. The van der Waals surface area contributed by atoms with E-state index in [4.69, 9.17) is 5.11 Å². The summed E-state index contributed by atoms with van der Waals surface area (Å²) in [7, 11) is 0. The Hall–Kier alpha value is -1.82. The molecule has 0 spiro atoms. The summed E-state index contributed by atoms with van der Waals surface area (Å²) in [4.78, 5) is 10.1. The summed E-state index contributed by atoms with van der Waals surface area (Å²) in [6.45, 7) is 1.78. The van der Waals surface area contributed by atoms with Gasteiger partial charge in [0.25, 0.3) is 0 Å². The first-order valence-corrected chi connectivity index (χ1v) is 3.60. The molecule has 0 aromatic heterocycles. The average molecular weight is 178 g/mol. The summed E-state index contributed by atoms with van der Waals surface area (Å²) in [5.41, 5.74) is 0.957. The van der Waals surface area contributed by atoms with E-state index < -0.39 is 11.8 Å². The van der Waals surface area contributed by atoms with E-state index in [0.717, 1.165) is 5.56 Å². The molecule has 0 fully saturated rings. The van der Waals surface area contributed by atoms with Gasteiger partial charge in [-0.3, -0.25) is 0 Å². The van der Waals surface area contributed by atoms with Gasteiger partial charge in [-0.25, -0.2) is 9.18 Å². The fourth-order valence-electron chi connectivity index (χ4n) is 0.856. The normalized spacial score (nSPS) is 8.77. The van der Waals surface area contributed by atoms with Gasteiger partial charge in [0.15, 0.2) is 0 Å². The molecule has 0 saturated carbocycles. The summed E-state index contributed by atoms with van der Waals surface area (Å²) in [5.74, 6) is 2.32. The first kappa shape index (κ1) is 9.27. The Morgan fingerprint density at radius 3 is 2.85 bits per heavy atom. The van der Waals surface area contributed by atoms with Gasteiger partial charge in [-0.1, -0.05) is 12.0 Å². The summed E-state index contributed by atoms with van der Waals surface area (Å²) in [5, 5.41) is 8.24. The molecular formula is C10H7FO2. The summed E-state index contributed by atoms with van der Waals surface area (Å²) in [6, 6.07) is 4.37. The molecule has 0 atom stereocenters. The van der Waals surface area contributed by atoms with Crippen LogP contribution in [0.15, 0.2) is 18.2 Å². The predicted octanol–water partition coefficient (Wildman–Crippen LogP) is 1.57. The Morgan fingerprint density at radius 2 is 2.23 bits per heavy atom. The van der Waals surface area contributed by atoms with Gasteiger partial charge in [-0.2, -0.15) is 0 Å². The lowest BCUT2D eigenvalue weighted by Crippen LogP contribution is -1.89. The van der Waals surface area contributed by atoms with Crippen molar-refractivity contribution in [3.63, 3.8) is 0 Å². The van der Waals surface area contributed by atoms with Crippen LogP contribution in [0.2, 0.25) is 0 Å². The van der Waals surface area contributed by atoms with E-state index >= 15 is 0 Å². The van der Waals surface area contributed by atoms with Gasteiger partial charge in [-0.15, -0.1) is 0 Å². The highest BCUT2D eigenvalue weighted by molar-refractivity contribution is 5.87. The second-order valence-electron chi connectivity index (χ2n) is 2.54. The van der Waals surface area contributed by atoms with Crippen molar-refractivity contribution in [3.8, 4) is 11.8 Å². The standard InChI is InChI=1S/C10H7FO2/c1-7-2-4-9(11)8(6-7)3-5-10(12)13/h2,4,6H,1H3,(H,12,13). The molecular weight excluding hydrogens is 171 g/mol. The van der Waals surface area contributed by atoms with Crippen molar-refractivity contribution in [2.45, 2.75) is 6.92 Å². The van der Waals surface area contributed by atoms with Gasteiger partial charge in [0, 0.05) is 5.92 Å². The van der Waals surface area contributed by atoms with Gasteiger partial charge in [0.2, 0.25) is 0 Å². The second kappa shape index (κ2) is 3.72. The van der Waals surface area contributed by atoms with Crippen LogP contribution in [-0.2, 0) is 4.79 Å². The van der Waals surface area contributed by atoms with Crippen LogP contribution in [-0.4, -0.2) is 11.1 Å². The quantitative estimate of drug-likeness (QED) is 0.612. The van der Waals surface area contributed by atoms with Crippen LogP contribution in [0.1, 0.15) is 11.1 Å². The van der Waals surface area contributed by atoms with Crippen molar-refractivity contribution in [2.75, 3.05) is 0 Å². The van der Waals surface area contributed by atoms with E-state index in [9.17, 15) is 9.18 Å². The summed E-state index contributed by atoms with van der Waals surface area (Å²) in [6.07, 6.45) is 0. The lowest BCUT2D eigenvalue weighted by molar-refractivity contribution is -0.130. The van der Waals surface area contributed by atoms with Crippen LogP contribution in [0, 0.1) is 24.6 Å². The maximum Gasteiger partial charge on any atom is 0.382 e. The largest absolute Gasteiger partial charge is 0.472 e. The van der Waals surface area contributed by atoms with Crippen molar-refractivity contribution in [1.82, 2.24) is 0 Å². The molecule has 0 bridgehead atoms. The maximum absolute atomic E-state index is 12.9. The molecule has 66 valence electrons. The van der Waals surface area contributed by atoms with Crippen molar-refractivity contribution in [2.24, 2.45) is 0 Å². The Kier molecular flexibility index (Phi) is 2.65. The molecule has 0 amide bonds. The predicted molar refractivity (Wildman–Crippen MR) is 45.7 cm³/mol. The Morgan fingerprint density at radius 1 is 1.54 bits per heavy atom. The van der Waals surface area contributed by atoms with Crippen LogP contribution >= 0.6 is 0 Å². The number of aryl methyl sites for hydroxylation is 1. The van der Waals surface area contributed by atoms with Gasteiger partial charge < -0.3 is 5.11 Å². The third-order valence-electron chi connectivity index (χ3n) is 1.43. The number of hydrogen-bond donors (Lipinski definition) is 1. The highest BCUT2D eigenvalue weighted by atomic mass is 19.1. The van der Waals surface area contributed by atoms with Crippen LogP contribution in [0.25, 0.3) is 0 Å². The number of benzene rings is 1. The number of halogens is 1. The molecule has 0 heterocycles. The van der Waals surface area contributed by atoms with Crippen LogP contribution < -0.4 is 0 Å². The van der Waals surface area contributed by atoms with E-state index in [-0.39, 0.29) is 5.56 Å². The maximum atomic E-state index is 12.9. The SMILES string of the molecule is Cc1ccc(F)c(C#CC(=O)O)c1. The lowest BCUT2D eigenvalue weighted by atomic mass is 10.1. The minimum Gasteiger partial charge on any atom is -0.472 e. The van der Waals surface area contributed by atoms with Gasteiger partial charge in [0.1, 0.15) is 5.82 Å². The molecule has 1 rings (SSSR count). The smallest absolute Gasteiger partial charge is 0.382 e. The van der Waals surface area contributed by atoms with Crippen molar-refractivity contribution < 1.29 is 14.3 Å². The first-order valence-electron chi connectivity index (χ1n) is 3.60. The molecule has 2 nitrogen and oxygen atoms in total. The second-order valence-corrected chi connectivity index (χ2v) is 2.54. The highest BCUT2D eigenvalue weighted by Gasteiger charge is 1.98. The minimum absolute atomic E-state index is 0.113. The summed E-state index contributed by atoms with van der Waals surface area (Å²) >= 11 is 0. The van der Waals surface area contributed by atoms with E-state index in [2.05, 4.69) is 5.92 Å². The number of aliphatic carboxylic acids is 1.